The van der Waals surface area contributed by atoms with Gasteiger partial charge in [0.1, 0.15) is 0 Å². The summed E-state index contributed by atoms with van der Waals surface area (Å²) in [5.41, 5.74) is 1.62. The molecule has 1 fully saturated rings. The van der Waals surface area contributed by atoms with Crippen molar-refractivity contribution in [3.8, 4) is 11.4 Å². The van der Waals surface area contributed by atoms with Gasteiger partial charge in [-0.25, -0.2) is 0 Å². The van der Waals surface area contributed by atoms with Gasteiger partial charge in [-0.15, -0.1) is 0 Å². The molecule has 5 nitrogen and oxygen atoms in total. The summed E-state index contributed by atoms with van der Waals surface area (Å²) in [6.45, 7) is 5.81. The van der Waals surface area contributed by atoms with Crippen LogP contribution in [0.3, 0.4) is 0 Å². The van der Waals surface area contributed by atoms with Crippen LogP contribution in [0.1, 0.15) is 31.2 Å². The number of aromatic nitrogens is 2. The van der Waals surface area contributed by atoms with Crippen molar-refractivity contribution in [2.24, 2.45) is 11.3 Å². The molecule has 1 aliphatic carbocycles. The molecule has 1 heterocycles. The van der Waals surface area contributed by atoms with Crippen molar-refractivity contribution in [2.45, 2.75) is 26.7 Å². The summed E-state index contributed by atoms with van der Waals surface area (Å²) in [5, 5.41) is 13.2. The second-order valence-corrected chi connectivity index (χ2v) is 6.89. The highest BCUT2D eigenvalue weighted by atomic mass is 79.9. The summed E-state index contributed by atoms with van der Waals surface area (Å²) in [4.78, 5) is 15.6. The molecular weight excluding hydrogens is 336 g/mol. The SMILES string of the molecule is Cc1ccc(-c2noc(C3C(C(=O)O)C3(C)C)n2)cc1Br. The van der Waals surface area contributed by atoms with Crippen molar-refractivity contribution < 1.29 is 14.4 Å². The van der Waals surface area contributed by atoms with Crippen LogP contribution in [0.25, 0.3) is 11.4 Å². The van der Waals surface area contributed by atoms with Crippen LogP contribution in [-0.4, -0.2) is 21.2 Å². The third kappa shape index (κ3) is 2.27. The zero-order valence-corrected chi connectivity index (χ0v) is 13.5. The number of carboxylic acids is 1. The van der Waals surface area contributed by atoms with Crippen molar-refractivity contribution in [3.05, 3.63) is 34.1 Å². The van der Waals surface area contributed by atoms with Crippen LogP contribution in [0.2, 0.25) is 0 Å². The number of hydrogen-bond acceptors (Lipinski definition) is 4. The van der Waals surface area contributed by atoms with E-state index >= 15 is 0 Å². The van der Waals surface area contributed by atoms with E-state index in [1.54, 1.807) is 0 Å². The number of rotatable bonds is 3. The number of aliphatic carboxylic acids is 1. The highest BCUT2D eigenvalue weighted by molar-refractivity contribution is 9.10. The maximum absolute atomic E-state index is 11.2. The smallest absolute Gasteiger partial charge is 0.307 e. The third-order valence-corrected chi connectivity index (χ3v) is 5.09. The van der Waals surface area contributed by atoms with Gasteiger partial charge in [-0.2, -0.15) is 4.98 Å². The van der Waals surface area contributed by atoms with Gasteiger partial charge in [0.05, 0.1) is 11.8 Å². The Morgan fingerprint density at radius 1 is 1.43 bits per heavy atom. The Kier molecular flexibility index (Phi) is 3.16. The Bertz CT molecular complexity index is 723. The zero-order chi connectivity index (χ0) is 15.4. The summed E-state index contributed by atoms with van der Waals surface area (Å²) in [6.07, 6.45) is 0. The van der Waals surface area contributed by atoms with E-state index in [0.29, 0.717) is 11.7 Å². The quantitative estimate of drug-likeness (QED) is 0.914. The molecule has 3 rings (SSSR count). The molecule has 0 saturated heterocycles. The summed E-state index contributed by atoms with van der Waals surface area (Å²) in [5.74, 6) is -0.611. The summed E-state index contributed by atoms with van der Waals surface area (Å²) in [7, 11) is 0. The van der Waals surface area contributed by atoms with Gasteiger partial charge < -0.3 is 9.63 Å². The van der Waals surface area contributed by atoms with E-state index in [4.69, 9.17) is 4.52 Å². The summed E-state index contributed by atoms with van der Waals surface area (Å²) < 4.78 is 6.26. The van der Waals surface area contributed by atoms with Crippen LogP contribution in [-0.2, 0) is 4.79 Å². The maximum Gasteiger partial charge on any atom is 0.307 e. The van der Waals surface area contributed by atoms with E-state index in [2.05, 4.69) is 26.1 Å². The van der Waals surface area contributed by atoms with Crippen LogP contribution in [0, 0.1) is 18.3 Å². The van der Waals surface area contributed by atoms with Crippen LogP contribution in [0.4, 0.5) is 0 Å². The first-order valence-corrected chi connectivity index (χ1v) is 7.44. The topological polar surface area (TPSA) is 76.2 Å². The highest BCUT2D eigenvalue weighted by Gasteiger charge is 2.65. The molecule has 1 aromatic heterocycles. The van der Waals surface area contributed by atoms with Gasteiger partial charge in [-0.05, 0) is 24.0 Å². The molecule has 0 aliphatic heterocycles. The summed E-state index contributed by atoms with van der Waals surface area (Å²) >= 11 is 3.47. The predicted molar refractivity (Wildman–Crippen MR) is 79.8 cm³/mol. The molecule has 2 atom stereocenters. The molecule has 1 N–H and O–H groups in total. The zero-order valence-electron chi connectivity index (χ0n) is 11.9. The average Bonchev–Trinajstić information content (AvgIpc) is 2.78. The lowest BCUT2D eigenvalue weighted by molar-refractivity contribution is -0.139. The molecule has 2 aromatic rings. The standard InChI is InChI=1S/C15H15BrN2O3/c1-7-4-5-8(6-9(7)16)12-17-13(21-18-12)10-11(14(19)20)15(10,2)3/h4-6,10-11H,1-3H3,(H,19,20). The van der Waals surface area contributed by atoms with E-state index in [9.17, 15) is 9.90 Å². The van der Waals surface area contributed by atoms with Gasteiger partial charge >= 0.3 is 5.97 Å². The molecule has 110 valence electrons. The summed E-state index contributed by atoms with van der Waals surface area (Å²) in [6, 6.07) is 5.81. The predicted octanol–water partition coefficient (Wildman–Crippen LogP) is 3.63. The van der Waals surface area contributed by atoms with Crippen molar-refractivity contribution in [1.29, 1.82) is 0 Å². The molecule has 0 radical (unpaired) electrons. The number of halogens is 1. The van der Waals surface area contributed by atoms with E-state index in [0.717, 1.165) is 15.6 Å². The highest BCUT2D eigenvalue weighted by Crippen LogP contribution is 2.64. The molecule has 21 heavy (non-hydrogen) atoms. The Balaban J connectivity index is 1.91. The van der Waals surface area contributed by atoms with Crippen LogP contribution in [0.5, 0.6) is 0 Å². The van der Waals surface area contributed by atoms with E-state index in [1.165, 1.54) is 0 Å². The van der Waals surface area contributed by atoms with Gasteiger partial charge in [-0.1, -0.05) is 47.1 Å². The first kappa shape index (κ1) is 14.3. The van der Waals surface area contributed by atoms with Crippen molar-refractivity contribution >= 4 is 21.9 Å². The average molecular weight is 351 g/mol. The molecule has 1 aliphatic rings. The van der Waals surface area contributed by atoms with Crippen molar-refractivity contribution in [2.75, 3.05) is 0 Å². The number of aryl methyl sites for hydroxylation is 1. The number of nitrogens with zero attached hydrogens (tertiary/aromatic N) is 2. The fourth-order valence-electron chi connectivity index (χ4n) is 2.77. The lowest BCUT2D eigenvalue weighted by Crippen LogP contribution is -2.03. The first-order chi connectivity index (χ1) is 9.82. The fraction of sp³-hybridized carbons (Fsp3) is 0.400. The van der Waals surface area contributed by atoms with Crippen LogP contribution < -0.4 is 0 Å². The van der Waals surface area contributed by atoms with Crippen LogP contribution in [0.15, 0.2) is 27.2 Å². The monoisotopic (exact) mass is 350 g/mol. The lowest BCUT2D eigenvalue weighted by atomic mass is 10.1. The normalized spacial score (nSPS) is 23.0. The van der Waals surface area contributed by atoms with Crippen molar-refractivity contribution in [3.63, 3.8) is 0 Å². The minimum Gasteiger partial charge on any atom is -0.481 e. The van der Waals surface area contributed by atoms with Gasteiger partial charge in [0.15, 0.2) is 0 Å². The maximum atomic E-state index is 11.2. The Hall–Kier alpha value is -1.69. The lowest BCUT2D eigenvalue weighted by Gasteiger charge is -1.99. The van der Waals surface area contributed by atoms with Gasteiger partial charge in [0.2, 0.25) is 11.7 Å². The van der Waals surface area contributed by atoms with Gasteiger partial charge in [-0.3, -0.25) is 4.79 Å². The molecule has 0 bridgehead atoms. The molecule has 0 amide bonds. The number of carboxylic acid groups (broad SMARTS) is 1. The second-order valence-electron chi connectivity index (χ2n) is 6.04. The molecule has 2 unspecified atom stereocenters. The number of benzene rings is 1. The number of hydrogen-bond donors (Lipinski definition) is 1. The van der Waals surface area contributed by atoms with E-state index in [-0.39, 0.29) is 11.3 Å². The first-order valence-electron chi connectivity index (χ1n) is 6.65. The largest absolute Gasteiger partial charge is 0.481 e. The molecule has 1 aromatic carbocycles. The molecule has 0 spiro atoms. The number of carbonyl (C=O) groups is 1. The minimum absolute atomic E-state index is 0.217. The van der Waals surface area contributed by atoms with Crippen molar-refractivity contribution in [1.82, 2.24) is 10.1 Å². The van der Waals surface area contributed by atoms with Gasteiger partial charge in [0.25, 0.3) is 0 Å². The van der Waals surface area contributed by atoms with E-state index < -0.39 is 11.9 Å². The van der Waals surface area contributed by atoms with Gasteiger partial charge in [0, 0.05) is 10.0 Å². The Morgan fingerprint density at radius 2 is 2.14 bits per heavy atom. The fourth-order valence-corrected chi connectivity index (χ4v) is 3.15. The molecular formula is C15H15BrN2O3. The van der Waals surface area contributed by atoms with Crippen LogP contribution >= 0.6 is 15.9 Å². The molecule has 1 saturated carbocycles. The Labute approximate surface area is 130 Å². The minimum atomic E-state index is -0.817. The second kappa shape index (κ2) is 4.66. The van der Waals surface area contributed by atoms with E-state index in [1.807, 2.05) is 39.0 Å². The third-order valence-electron chi connectivity index (χ3n) is 4.23. The Morgan fingerprint density at radius 3 is 2.71 bits per heavy atom. The molecule has 6 heteroatoms.